The molecule has 102 valence electrons. The molecule has 0 amide bonds. The van der Waals surface area contributed by atoms with Crippen LogP contribution < -0.4 is 15.9 Å². The van der Waals surface area contributed by atoms with Gasteiger partial charge in [-0.1, -0.05) is 0 Å². The van der Waals surface area contributed by atoms with Crippen LogP contribution in [-0.4, -0.2) is 45.3 Å². The fraction of sp³-hybridized carbons (Fsp3) is 0.583. The summed E-state index contributed by atoms with van der Waals surface area (Å²) in [6, 6.07) is 2.33. The van der Waals surface area contributed by atoms with Crippen LogP contribution in [-0.2, 0) is 0 Å². The van der Waals surface area contributed by atoms with Gasteiger partial charge in [0.25, 0.3) is 0 Å². The van der Waals surface area contributed by atoms with Gasteiger partial charge in [-0.2, -0.15) is 5.10 Å². The Morgan fingerprint density at radius 3 is 3.11 bits per heavy atom. The fourth-order valence-electron chi connectivity index (χ4n) is 2.74. The van der Waals surface area contributed by atoms with E-state index in [0.29, 0.717) is 17.5 Å². The molecular formula is C12H18N6O. The first-order chi connectivity index (χ1) is 9.20. The lowest BCUT2D eigenvalue weighted by Crippen LogP contribution is -2.37. The Labute approximate surface area is 110 Å². The number of anilines is 1. The number of nitrogens with zero attached hydrogens (tertiary/aromatic N) is 4. The van der Waals surface area contributed by atoms with Gasteiger partial charge in [-0.25, -0.2) is 19.3 Å². The summed E-state index contributed by atoms with van der Waals surface area (Å²) in [6.45, 7) is 6.87. The monoisotopic (exact) mass is 262 g/mol. The molecule has 0 aromatic carbocycles. The predicted molar refractivity (Wildman–Crippen MR) is 72.6 cm³/mol. The van der Waals surface area contributed by atoms with Crippen LogP contribution in [0.4, 0.5) is 5.82 Å². The number of aromatic nitrogens is 4. The first kappa shape index (κ1) is 12.2. The van der Waals surface area contributed by atoms with Crippen molar-refractivity contribution in [2.75, 3.05) is 24.5 Å². The van der Waals surface area contributed by atoms with Gasteiger partial charge < -0.3 is 10.2 Å². The fourth-order valence-corrected chi connectivity index (χ4v) is 2.74. The average Bonchev–Trinajstić information content (AvgIpc) is 3.01. The minimum atomic E-state index is -0.239. The SMILES string of the molecule is CCN(c1cc2n[nH]c(=O)n2c(C)n1)C1CCNC1. The molecule has 1 unspecified atom stereocenters. The summed E-state index contributed by atoms with van der Waals surface area (Å²) in [4.78, 5) is 18.4. The van der Waals surface area contributed by atoms with Crippen molar-refractivity contribution in [1.82, 2.24) is 24.9 Å². The van der Waals surface area contributed by atoms with E-state index >= 15 is 0 Å². The summed E-state index contributed by atoms with van der Waals surface area (Å²) < 4.78 is 1.49. The molecule has 1 atom stereocenters. The van der Waals surface area contributed by atoms with Gasteiger partial charge >= 0.3 is 5.69 Å². The molecule has 0 bridgehead atoms. The maximum absolute atomic E-state index is 11.6. The van der Waals surface area contributed by atoms with Crippen molar-refractivity contribution < 1.29 is 0 Å². The Balaban J connectivity index is 2.06. The number of likely N-dealkylation sites (N-methyl/N-ethyl adjacent to an activating group) is 1. The van der Waals surface area contributed by atoms with Gasteiger partial charge in [0.2, 0.25) is 0 Å². The number of aromatic amines is 1. The van der Waals surface area contributed by atoms with Crippen LogP contribution in [0.5, 0.6) is 0 Å². The lowest BCUT2D eigenvalue weighted by molar-refractivity contribution is 0.638. The zero-order valence-electron chi connectivity index (χ0n) is 11.2. The Morgan fingerprint density at radius 2 is 2.42 bits per heavy atom. The number of hydrogen-bond donors (Lipinski definition) is 2. The summed E-state index contributed by atoms with van der Waals surface area (Å²) in [6.07, 6.45) is 1.12. The summed E-state index contributed by atoms with van der Waals surface area (Å²) >= 11 is 0. The van der Waals surface area contributed by atoms with Crippen molar-refractivity contribution in [3.63, 3.8) is 0 Å². The minimum Gasteiger partial charge on any atom is -0.352 e. The van der Waals surface area contributed by atoms with E-state index < -0.39 is 0 Å². The number of aryl methyl sites for hydroxylation is 1. The summed E-state index contributed by atoms with van der Waals surface area (Å²) in [5.74, 6) is 1.55. The number of rotatable bonds is 3. The quantitative estimate of drug-likeness (QED) is 0.808. The van der Waals surface area contributed by atoms with Crippen molar-refractivity contribution in [2.45, 2.75) is 26.3 Å². The molecule has 1 saturated heterocycles. The second-order valence-electron chi connectivity index (χ2n) is 4.82. The zero-order valence-corrected chi connectivity index (χ0v) is 11.2. The maximum atomic E-state index is 11.6. The van der Waals surface area contributed by atoms with Crippen LogP contribution in [0, 0.1) is 6.92 Å². The first-order valence-electron chi connectivity index (χ1n) is 6.63. The molecular weight excluding hydrogens is 244 g/mol. The molecule has 0 saturated carbocycles. The Hall–Kier alpha value is -1.89. The highest BCUT2D eigenvalue weighted by atomic mass is 16.1. The van der Waals surface area contributed by atoms with E-state index in [4.69, 9.17) is 0 Å². The standard InChI is InChI=1S/C12H18N6O/c1-3-17(9-4-5-13-7-9)10-6-11-15-16-12(19)18(11)8(2)14-10/h6,9,13H,3-5,7H2,1-2H3,(H,16,19). The van der Waals surface area contributed by atoms with Gasteiger partial charge in [-0.3, -0.25) is 0 Å². The van der Waals surface area contributed by atoms with E-state index in [9.17, 15) is 4.79 Å². The molecule has 19 heavy (non-hydrogen) atoms. The molecule has 3 heterocycles. The minimum absolute atomic E-state index is 0.239. The first-order valence-corrected chi connectivity index (χ1v) is 6.63. The highest BCUT2D eigenvalue weighted by molar-refractivity contribution is 5.52. The number of nitrogens with one attached hydrogen (secondary N) is 2. The normalized spacial score (nSPS) is 19.2. The van der Waals surface area contributed by atoms with Gasteiger partial charge in [0.15, 0.2) is 5.65 Å². The van der Waals surface area contributed by atoms with Crippen molar-refractivity contribution >= 4 is 11.5 Å². The van der Waals surface area contributed by atoms with Gasteiger partial charge in [-0.05, 0) is 26.8 Å². The molecule has 0 spiro atoms. The van der Waals surface area contributed by atoms with Crippen molar-refractivity contribution in [3.05, 3.63) is 22.4 Å². The van der Waals surface area contributed by atoms with Crippen molar-refractivity contribution in [2.24, 2.45) is 0 Å². The Kier molecular flexibility index (Phi) is 2.98. The van der Waals surface area contributed by atoms with Crippen molar-refractivity contribution in [3.8, 4) is 0 Å². The van der Waals surface area contributed by atoms with Gasteiger partial charge in [-0.15, -0.1) is 0 Å². The molecule has 1 aliphatic heterocycles. The lowest BCUT2D eigenvalue weighted by Gasteiger charge is -2.28. The van der Waals surface area contributed by atoms with E-state index in [1.807, 2.05) is 13.0 Å². The average molecular weight is 262 g/mol. The van der Waals surface area contributed by atoms with Gasteiger partial charge in [0.1, 0.15) is 11.6 Å². The molecule has 1 fully saturated rings. The third-order valence-corrected chi connectivity index (χ3v) is 3.67. The molecule has 0 aliphatic carbocycles. The van der Waals surface area contributed by atoms with E-state index in [2.05, 4.69) is 32.3 Å². The van der Waals surface area contributed by atoms with Crippen LogP contribution in [0.15, 0.2) is 10.9 Å². The molecule has 7 heteroatoms. The second-order valence-corrected chi connectivity index (χ2v) is 4.82. The number of fused-ring (bicyclic) bond motifs is 1. The van der Waals surface area contributed by atoms with Gasteiger partial charge in [0, 0.05) is 25.2 Å². The lowest BCUT2D eigenvalue weighted by atomic mass is 10.2. The third kappa shape index (κ3) is 1.99. The number of H-pyrrole nitrogens is 1. The van der Waals surface area contributed by atoms with Crippen LogP contribution in [0.3, 0.4) is 0 Å². The highest BCUT2D eigenvalue weighted by Gasteiger charge is 2.23. The molecule has 3 rings (SSSR count). The van der Waals surface area contributed by atoms with Crippen LogP contribution in [0.25, 0.3) is 5.65 Å². The van der Waals surface area contributed by atoms with Crippen molar-refractivity contribution in [1.29, 1.82) is 0 Å². The zero-order chi connectivity index (χ0) is 13.4. The number of hydrogen-bond acceptors (Lipinski definition) is 5. The molecule has 1 aliphatic rings. The highest BCUT2D eigenvalue weighted by Crippen LogP contribution is 2.19. The van der Waals surface area contributed by atoms with E-state index in [0.717, 1.165) is 31.9 Å². The van der Waals surface area contributed by atoms with E-state index in [1.54, 1.807) is 0 Å². The molecule has 7 nitrogen and oxygen atoms in total. The Morgan fingerprint density at radius 1 is 1.58 bits per heavy atom. The second kappa shape index (κ2) is 4.65. The van der Waals surface area contributed by atoms with Gasteiger partial charge in [0.05, 0.1) is 0 Å². The summed E-state index contributed by atoms with van der Waals surface area (Å²) in [5, 5.41) is 9.85. The molecule has 0 radical (unpaired) electrons. The van der Waals surface area contributed by atoms with Crippen LogP contribution in [0.2, 0.25) is 0 Å². The van der Waals surface area contributed by atoms with E-state index in [-0.39, 0.29) is 5.69 Å². The van der Waals surface area contributed by atoms with Crippen LogP contribution in [0.1, 0.15) is 19.2 Å². The topological polar surface area (TPSA) is 78.3 Å². The van der Waals surface area contributed by atoms with E-state index in [1.165, 1.54) is 4.40 Å². The Bertz CT molecular complexity index is 639. The predicted octanol–water partition coefficient (Wildman–Crippen LogP) is -0.0858. The maximum Gasteiger partial charge on any atom is 0.349 e. The molecule has 2 aromatic rings. The smallest absolute Gasteiger partial charge is 0.349 e. The molecule has 2 N–H and O–H groups in total. The molecule has 2 aromatic heterocycles. The largest absolute Gasteiger partial charge is 0.352 e. The summed E-state index contributed by atoms with van der Waals surface area (Å²) in [5.41, 5.74) is 0.383. The van der Waals surface area contributed by atoms with Crippen LogP contribution >= 0.6 is 0 Å². The third-order valence-electron chi connectivity index (χ3n) is 3.67. The summed E-state index contributed by atoms with van der Waals surface area (Å²) in [7, 11) is 0.